The number of allylic oxidation sites excluding steroid dienone is 4. The van der Waals surface area contributed by atoms with Gasteiger partial charge in [-0.1, -0.05) is 43.2 Å². The van der Waals surface area contributed by atoms with E-state index in [1.54, 1.807) is 30.6 Å². The second-order valence-corrected chi connectivity index (χ2v) is 8.95. The predicted octanol–water partition coefficient (Wildman–Crippen LogP) is 5.14. The van der Waals surface area contributed by atoms with E-state index in [1.165, 1.54) is 36.7 Å². The molecule has 2 aromatic rings. The van der Waals surface area contributed by atoms with Crippen LogP contribution in [0.25, 0.3) is 6.08 Å². The van der Waals surface area contributed by atoms with Crippen molar-refractivity contribution in [3.8, 4) is 5.75 Å². The van der Waals surface area contributed by atoms with Crippen LogP contribution in [0.3, 0.4) is 0 Å². The molecular weight excluding hydrogens is 444 g/mol. The van der Waals surface area contributed by atoms with Crippen LogP contribution in [0.2, 0.25) is 0 Å². The Labute approximate surface area is 205 Å². The largest absolute Gasteiger partial charge is 0.493 e. The molecule has 0 bridgehead atoms. The maximum absolute atomic E-state index is 12.6. The van der Waals surface area contributed by atoms with Gasteiger partial charge in [0.2, 0.25) is 11.8 Å². The van der Waals surface area contributed by atoms with E-state index in [-0.39, 0.29) is 5.91 Å². The van der Waals surface area contributed by atoms with Crippen LogP contribution in [0.4, 0.5) is 0 Å². The molecule has 2 heterocycles. The van der Waals surface area contributed by atoms with Crippen LogP contribution < -0.4 is 4.74 Å². The van der Waals surface area contributed by atoms with Crippen molar-refractivity contribution in [2.75, 3.05) is 13.2 Å². The van der Waals surface area contributed by atoms with Gasteiger partial charge in [-0.05, 0) is 61.4 Å². The summed E-state index contributed by atoms with van der Waals surface area (Å²) in [5.41, 5.74) is 2.32. The minimum absolute atomic E-state index is 0.323. The number of carbonyl (C=O) groups excluding carboxylic acids is 1. The highest BCUT2D eigenvalue weighted by Gasteiger charge is 2.35. The molecule has 0 spiro atoms. The first-order valence-corrected chi connectivity index (χ1v) is 12.3. The highest BCUT2D eigenvalue weighted by Crippen LogP contribution is 2.33. The number of fused-ring (bicyclic) bond motifs is 1. The molecule has 7 heteroatoms. The van der Waals surface area contributed by atoms with E-state index < -0.39 is 12.0 Å². The van der Waals surface area contributed by atoms with Crippen molar-refractivity contribution < 1.29 is 23.8 Å². The second kappa shape index (κ2) is 11.7. The molecule has 1 aliphatic heterocycles. The summed E-state index contributed by atoms with van der Waals surface area (Å²) in [5.74, 6) is 0.424. The molecule has 1 aromatic carbocycles. The van der Waals surface area contributed by atoms with Gasteiger partial charge in [0.25, 0.3) is 0 Å². The monoisotopic (exact) mass is 476 g/mol. The summed E-state index contributed by atoms with van der Waals surface area (Å²) in [7, 11) is 0. The molecule has 2 aliphatic rings. The number of carbonyl (C=O) groups is 2. The number of amides is 1. The molecule has 0 saturated heterocycles. The number of ether oxygens (including phenoxy) is 1. The number of aromatic nitrogens is 1. The van der Waals surface area contributed by atoms with Gasteiger partial charge in [0.15, 0.2) is 6.04 Å². The number of hydrogen-bond acceptors (Lipinski definition) is 5. The minimum atomic E-state index is -1.06. The van der Waals surface area contributed by atoms with Crippen molar-refractivity contribution >= 4 is 18.0 Å². The van der Waals surface area contributed by atoms with Crippen molar-refractivity contribution in [2.24, 2.45) is 5.92 Å². The van der Waals surface area contributed by atoms with Crippen molar-refractivity contribution in [3.05, 3.63) is 77.6 Å². The molecule has 1 aliphatic carbocycles. The third-order valence-corrected chi connectivity index (χ3v) is 6.51. The zero-order chi connectivity index (χ0) is 24.6. The zero-order valence-corrected chi connectivity index (χ0v) is 20.1. The van der Waals surface area contributed by atoms with Crippen molar-refractivity contribution in [2.45, 2.75) is 51.5 Å². The summed E-state index contributed by atoms with van der Waals surface area (Å²) in [6.07, 6.45) is 18.6. The van der Waals surface area contributed by atoms with Gasteiger partial charge >= 0.3 is 5.97 Å². The van der Waals surface area contributed by atoms with E-state index in [9.17, 15) is 14.7 Å². The number of nitrogens with zero attached hydrogens (tertiary/aromatic N) is 2. The van der Waals surface area contributed by atoms with E-state index >= 15 is 0 Å². The third kappa shape index (κ3) is 6.29. The van der Waals surface area contributed by atoms with Crippen LogP contribution in [0, 0.1) is 5.92 Å². The number of oxazole rings is 1. The van der Waals surface area contributed by atoms with Gasteiger partial charge in [0.05, 0.1) is 12.3 Å². The van der Waals surface area contributed by atoms with Crippen molar-refractivity contribution in [1.82, 2.24) is 9.88 Å². The van der Waals surface area contributed by atoms with Gasteiger partial charge in [-0.15, -0.1) is 0 Å². The van der Waals surface area contributed by atoms with Crippen LogP contribution in [-0.2, 0) is 22.4 Å². The van der Waals surface area contributed by atoms with E-state index in [1.807, 2.05) is 25.1 Å². The van der Waals surface area contributed by atoms with Gasteiger partial charge in [0.1, 0.15) is 12.0 Å². The Bertz CT molecular complexity index is 1120. The lowest BCUT2D eigenvalue weighted by atomic mass is 9.92. The highest BCUT2D eigenvalue weighted by atomic mass is 16.5. The van der Waals surface area contributed by atoms with Crippen molar-refractivity contribution in [1.29, 1.82) is 0 Å². The first-order valence-electron chi connectivity index (χ1n) is 12.3. The van der Waals surface area contributed by atoms with E-state index in [4.69, 9.17) is 9.15 Å². The van der Waals surface area contributed by atoms with Crippen LogP contribution in [0.15, 0.2) is 59.3 Å². The molecule has 0 radical (unpaired) electrons. The first-order chi connectivity index (χ1) is 17.0. The van der Waals surface area contributed by atoms with Crippen molar-refractivity contribution in [3.63, 3.8) is 0 Å². The zero-order valence-electron chi connectivity index (χ0n) is 20.1. The fraction of sp³-hybridized carbons (Fsp3) is 0.393. The normalized spacial score (nSPS) is 18.7. The summed E-state index contributed by atoms with van der Waals surface area (Å²) in [6, 6.07) is 4.43. The molecule has 1 fully saturated rings. The number of carboxylic acid groups (broad SMARTS) is 1. The third-order valence-electron chi connectivity index (χ3n) is 6.51. The Morgan fingerprint density at radius 3 is 2.86 bits per heavy atom. The Balaban J connectivity index is 1.38. The quantitative estimate of drug-likeness (QED) is 0.398. The Morgan fingerprint density at radius 2 is 2.09 bits per heavy atom. The summed E-state index contributed by atoms with van der Waals surface area (Å²) in [5, 5.41) is 9.91. The summed E-state index contributed by atoms with van der Waals surface area (Å²) < 4.78 is 11.5. The van der Waals surface area contributed by atoms with Crippen LogP contribution in [0.5, 0.6) is 5.75 Å². The molecule has 1 atom stereocenters. The average molecular weight is 477 g/mol. The van der Waals surface area contributed by atoms with Crippen LogP contribution in [0.1, 0.15) is 61.4 Å². The van der Waals surface area contributed by atoms with E-state index in [0.717, 1.165) is 11.3 Å². The SMILES string of the molecule is CC=CC=CC(=O)N1CCc2ccc(OCCc3coc(/C=C/C4CCCC4)n3)cc2C1C(=O)O. The molecule has 35 heavy (non-hydrogen) atoms. The number of aliphatic carboxylic acids is 1. The van der Waals surface area contributed by atoms with E-state index in [0.29, 0.717) is 49.1 Å². The predicted molar refractivity (Wildman–Crippen MR) is 133 cm³/mol. The lowest BCUT2D eigenvalue weighted by Gasteiger charge is -2.34. The molecule has 4 rings (SSSR count). The Kier molecular flexibility index (Phi) is 8.19. The summed E-state index contributed by atoms with van der Waals surface area (Å²) in [6.45, 7) is 2.58. The maximum Gasteiger partial charge on any atom is 0.331 e. The summed E-state index contributed by atoms with van der Waals surface area (Å²) in [4.78, 5) is 30.6. The molecular formula is C28H32N2O5. The smallest absolute Gasteiger partial charge is 0.331 e. The second-order valence-electron chi connectivity index (χ2n) is 8.95. The number of hydrogen-bond donors (Lipinski definition) is 1. The molecule has 184 valence electrons. The maximum atomic E-state index is 12.6. The van der Waals surface area contributed by atoms with Gasteiger partial charge in [-0.3, -0.25) is 4.79 Å². The molecule has 1 saturated carbocycles. The first kappa shape index (κ1) is 24.5. The van der Waals surface area contributed by atoms with Gasteiger partial charge in [-0.2, -0.15) is 0 Å². The fourth-order valence-corrected chi connectivity index (χ4v) is 4.69. The lowest BCUT2D eigenvalue weighted by Crippen LogP contribution is -2.42. The fourth-order valence-electron chi connectivity index (χ4n) is 4.69. The topological polar surface area (TPSA) is 92.9 Å². The highest BCUT2D eigenvalue weighted by molar-refractivity contribution is 5.92. The average Bonchev–Trinajstić information content (AvgIpc) is 3.54. The number of benzene rings is 1. The molecule has 1 N–H and O–H groups in total. The molecule has 1 amide bonds. The standard InChI is InChI=1S/C28H32N2O5/c1-2-3-4-9-26(31)30-16-14-21-11-12-23(18-24(21)27(30)28(32)33)34-17-15-22-19-35-25(29-22)13-10-20-7-5-6-8-20/h2-4,9-13,18-20,27H,5-8,14-17H2,1H3,(H,32,33)/b3-2?,9-4?,13-10+. The number of carboxylic acids is 1. The van der Waals surface area contributed by atoms with Gasteiger partial charge in [-0.25, -0.2) is 9.78 Å². The van der Waals surface area contributed by atoms with Gasteiger partial charge < -0.3 is 19.2 Å². The van der Waals surface area contributed by atoms with E-state index in [2.05, 4.69) is 11.1 Å². The van der Waals surface area contributed by atoms with Crippen LogP contribution >= 0.6 is 0 Å². The number of rotatable bonds is 9. The van der Waals surface area contributed by atoms with Gasteiger partial charge in [0, 0.05) is 19.0 Å². The molecule has 1 aromatic heterocycles. The molecule has 7 nitrogen and oxygen atoms in total. The summed E-state index contributed by atoms with van der Waals surface area (Å²) >= 11 is 0. The Hall–Kier alpha value is -3.61. The Morgan fingerprint density at radius 1 is 1.26 bits per heavy atom. The lowest BCUT2D eigenvalue weighted by molar-refractivity contribution is -0.149. The minimum Gasteiger partial charge on any atom is -0.493 e. The van der Waals surface area contributed by atoms with Crippen LogP contribution in [-0.4, -0.2) is 40.0 Å². The molecule has 1 unspecified atom stereocenters.